The van der Waals surface area contributed by atoms with Gasteiger partial charge in [-0.1, -0.05) is 6.07 Å². The summed E-state index contributed by atoms with van der Waals surface area (Å²) >= 11 is 1.59. The fraction of sp³-hybridized carbons (Fsp3) is 0.316. The van der Waals surface area contributed by atoms with Gasteiger partial charge in [-0.3, -0.25) is 14.4 Å². The Bertz CT molecular complexity index is 1060. The third kappa shape index (κ3) is 2.68. The van der Waals surface area contributed by atoms with E-state index in [1.54, 1.807) is 23.3 Å². The first-order valence-corrected chi connectivity index (χ1v) is 9.58. The van der Waals surface area contributed by atoms with Gasteiger partial charge in [-0.05, 0) is 30.5 Å². The number of ether oxygens (including phenoxy) is 2. The first-order valence-electron chi connectivity index (χ1n) is 8.76. The number of hydrogen-bond acceptors (Lipinski definition) is 6. The van der Waals surface area contributed by atoms with Gasteiger partial charge in [0.05, 0.1) is 18.3 Å². The number of aromatic nitrogens is 3. The Hall–Kier alpha value is -2.87. The van der Waals surface area contributed by atoms with Gasteiger partial charge in [0, 0.05) is 30.2 Å². The van der Waals surface area contributed by atoms with Crippen LogP contribution in [0.15, 0.2) is 24.4 Å². The van der Waals surface area contributed by atoms with Crippen molar-refractivity contribution in [1.29, 1.82) is 0 Å². The van der Waals surface area contributed by atoms with E-state index in [1.165, 1.54) is 10.6 Å². The lowest BCUT2D eigenvalue weighted by atomic mass is 10.0. The fourth-order valence-corrected chi connectivity index (χ4v) is 4.56. The summed E-state index contributed by atoms with van der Waals surface area (Å²) in [6.07, 6.45) is 4.04. The summed E-state index contributed by atoms with van der Waals surface area (Å²) < 4.78 is 12.6. The summed E-state index contributed by atoms with van der Waals surface area (Å²) in [5.74, 6) is 1.41. The fourth-order valence-electron chi connectivity index (χ4n) is 3.50. The van der Waals surface area contributed by atoms with Crippen LogP contribution in [0.5, 0.6) is 11.5 Å². The molecule has 27 heavy (non-hydrogen) atoms. The van der Waals surface area contributed by atoms with Gasteiger partial charge in [-0.15, -0.1) is 11.3 Å². The highest BCUT2D eigenvalue weighted by Gasteiger charge is 2.26. The van der Waals surface area contributed by atoms with E-state index in [0.717, 1.165) is 40.5 Å². The molecule has 0 N–H and O–H groups in total. The summed E-state index contributed by atoms with van der Waals surface area (Å²) in [7, 11) is 3.74. The van der Waals surface area contributed by atoms with E-state index in [-0.39, 0.29) is 19.1 Å². The van der Waals surface area contributed by atoms with Gasteiger partial charge < -0.3 is 9.47 Å². The van der Waals surface area contributed by atoms with Gasteiger partial charge in [0.1, 0.15) is 0 Å². The van der Waals surface area contributed by atoms with Crippen LogP contribution in [0.1, 0.15) is 16.1 Å². The van der Waals surface area contributed by atoms with Gasteiger partial charge in [-0.2, -0.15) is 5.10 Å². The Kier molecular flexibility index (Phi) is 3.68. The number of likely N-dealkylation sites (N-methyl/N-ethyl adjacent to an activating group) is 1. The highest BCUT2D eigenvalue weighted by atomic mass is 32.1. The predicted octanol–water partition coefficient (Wildman–Crippen LogP) is 2.58. The first-order chi connectivity index (χ1) is 13.1. The van der Waals surface area contributed by atoms with Gasteiger partial charge >= 0.3 is 0 Å². The summed E-state index contributed by atoms with van der Waals surface area (Å²) in [4.78, 5) is 20.4. The molecule has 0 atom stereocenters. The summed E-state index contributed by atoms with van der Waals surface area (Å²) in [5, 5.41) is 5.07. The Morgan fingerprint density at radius 1 is 1.30 bits per heavy atom. The largest absolute Gasteiger partial charge is 0.454 e. The number of fused-ring (bicyclic) bond motifs is 4. The first kappa shape index (κ1) is 16.3. The average molecular weight is 382 g/mol. The Morgan fingerprint density at radius 3 is 3.04 bits per heavy atom. The number of benzene rings is 1. The van der Waals surface area contributed by atoms with Crippen LogP contribution >= 0.6 is 11.3 Å². The normalized spacial score (nSPS) is 14.0. The lowest BCUT2D eigenvalue weighted by Crippen LogP contribution is -2.27. The quantitative estimate of drug-likeness (QED) is 0.696. The molecule has 3 aromatic rings. The zero-order valence-electron chi connectivity index (χ0n) is 15.1. The number of carbonyl (C=O) groups is 1. The molecule has 0 unspecified atom stereocenters. The van der Waals surface area contributed by atoms with Crippen molar-refractivity contribution in [3.63, 3.8) is 0 Å². The lowest BCUT2D eigenvalue weighted by Gasteiger charge is -2.13. The number of aryl methyl sites for hydroxylation is 2. The minimum atomic E-state index is -0.00799. The van der Waals surface area contributed by atoms with Crippen LogP contribution in [0, 0.1) is 0 Å². The summed E-state index contributed by atoms with van der Waals surface area (Å²) in [6, 6.07) is 5.61. The van der Waals surface area contributed by atoms with E-state index >= 15 is 0 Å². The van der Waals surface area contributed by atoms with Gasteiger partial charge in [0.2, 0.25) is 12.7 Å². The molecule has 5 rings (SSSR count). The molecule has 1 aliphatic carbocycles. The summed E-state index contributed by atoms with van der Waals surface area (Å²) in [5.41, 5.74) is 4.14. The molecule has 1 aromatic carbocycles. The third-order valence-electron chi connectivity index (χ3n) is 5.04. The van der Waals surface area contributed by atoms with Crippen molar-refractivity contribution >= 4 is 22.4 Å². The minimum Gasteiger partial charge on any atom is -0.454 e. The SMILES string of the molecule is CN(C(=O)Cc1ccc2c(c1)OCO2)c1nc2c(s1)CCc1c-2cnn1C. The maximum atomic E-state index is 12.8. The van der Waals surface area contributed by atoms with Crippen molar-refractivity contribution in [2.45, 2.75) is 19.3 Å². The molecular formula is C19H18N4O3S. The highest BCUT2D eigenvalue weighted by Crippen LogP contribution is 2.39. The van der Waals surface area contributed by atoms with Gasteiger partial charge in [0.25, 0.3) is 0 Å². The number of anilines is 1. The Morgan fingerprint density at radius 2 is 2.15 bits per heavy atom. The number of rotatable bonds is 3. The molecule has 0 fully saturated rings. The minimum absolute atomic E-state index is 0.00799. The Balaban J connectivity index is 1.38. The second kappa shape index (κ2) is 6.09. The topological polar surface area (TPSA) is 69.5 Å². The zero-order chi connectivity index (χ0) is 18.5. The van der Waals surface area contributed by atoms with Crippen LogP contribution in [0.3, 0.4) is 0 Å². The lowest BCUT2D eigenvalue weighted by molar-refractivity contribution is -0.117. The molecule has 0 radical (unpaired) electrons. The summed E-state index contributed by atoms with van der Waals surface area (Å²) in [6.45, 7) is 0.230. The molecule has 0 saturated heterocycles. The molecule has 3 heterocycles. The second-order valence-electron chi connectivity index (χ2n) is 6.71. The maximum Gasteiger partial charge on any atom is 0.232 e. The van der Waals surface area contributed by atoms with Crippen molar-refractivity contribution in [3.05, 3.63) is 40.5 Å². The smallest absolute Gasteiger partial charge is 0.232 e. The maximum absolute atomic E-state index is 12.8. The number of thiazole rings is 1. The standard InChI is InChI=1S/C19H18N4O3S/c1-22(17(24)8-11-3-5-14-15(7-11)26-10-25-14)19-21-18-12-9-20-23(2)13(12)4-6-16(18)27-19/h3,5,7,9H,4,6,8,10H2,1-2H3. The second-order valence-corrected chi connectivity index (χ2v) is 7.78. The molecule has 7 nitrogen and oxygen atoms in total. The highest BCUT2D eigenvalue weighted by molar-refractivity contribution is 7.16. The van der Waals surface area contributed by atoms with Gasteiger partial charge in [-0.25, -0.2) is 4.98 Å². The van der Waals surface area contributed by atoms with E-state index in [4.69, 9.17) is 14.5 Å². The van der Waals surface area contributed by atoms with Crippen LogP contribution < -0.4 is 14.4 Å². The third-order valence-corrected chi connectivity index (χ3v) is 6.24. The molecule has 0 spiro atoms. The number of nitrogens with zero attached hydrogens (tertiary/aromatic N) is 4. The molecule has 8 heteroatoms. The molecular weight excluding hydrogens is 364 g/mol. The monoisotopic (exact) mass is 382 g/mol. The number of hydrogen-bond donors (Lipinski definition) is 0. The molecule has 0 bridgehead atoms. The van der Waals surface area contributed by atoms with Crippen molar-refractivity contribution < 1.29 is 14.3 Å². The van der Waals surface area contributed by atoms with E-state index in [9.17, 15) is 4.79 Å². The van der Waals surface area contributed by atoms with Crippen LogP contribution in [0.4, 0.5) is 5.13 Å². The van der Waals surface area contributed by atoms with Crippen molar-refractivity contribution in [2.24, 2.45) is 7.05 Å². The van der Waals surface area contributed by atoms with E-state index in [1.807, 2.05) is 36.1 Å². The van der Waals surface area contributed by atoms with Crippen LogP contribution in [0.2, 0.25) is 0 Å². The zero-order valence-corrected chi connectivity index (χ0v) is 15.9. The van der Waals surface area contributed by atoms with Crippen molar-refractivity contribution in [1.82, 2.24) is 14.8 Å². The molecule has 138 valence electrons. The average Bonchev–Trinajstić information content (AvgIpc) is 3.38. The van der Waals surface area contributed by atoms with E-state index < -0.39 is 0 Å². The molecule has 2 aromatic heterocycles. The van der Waals surface area contributed by atoms with Crippen LogP contribution in [-0.2, 0) is 31.1 Å². The number of amides is 1. The predicted molar refractivity (Wildman–Crippen MR) is 101 cm³/mol. The molecule has 2 aliphatic rings. The molecule has 1 amide bonds. The van der Waals surface area contributed by atoms with Crippen molar-refractivity contribution in [3.8, 4) is 22.8 Å². The molecule has 1 aliphatic heterocycles. The van der Waals surface area contributed by atoms with E-state index in [2.05, 4.69) is 5.10 Å². The Labute approximate surface area is 160 Å². The van der Waals surface area contributed by atoms with Crippen LogP contribution in [0.25, 0.3) is 11.3 Å². The van der Waals surface area contributed by atoms with Gasteiger partial charge in [0.15, 0.2) is 16.6 Å². The number of carbonyl (C=O) groups excluding carboxylic acids is 1. The van der Waals surface area contributed by atoms with Crippen molar-refractivity contribution in [2.75, 3.05) is 18.7 Å². The van der Waals surface area contributed by atoms with Crippen LogP contribution in [-0.4, -0.2) is 34.5 Å². The molecule has 0 saturated carbocycles. The van der Waals surface area contributed by atoms with E-state index in [0.29, 0.717) is 5.75 Å².